The van der Waals surface area contributed by atoms with Gasteiger partial charge in [0, 0.05) is 23.7 Å². The smallest absolute Gasteiger partial charge is 0.245 e. The molecule has 110 valence electrons. The van der Waals surface area contributed by atoms with Crippen LogP contribution in [0.1, 0.15) is 18.7 Å². The third-order valence-electron chi connectivity index (χ3n) is 3.25. The fourth-order valence-electron chi connectivity index (χ4n) is 2.08. The van der Waals surface area contributed by atoms with Gasteiger partial charge >= 0.3 is 0 Å². The molecule has 0 unspecified atom stereocenters. The molecule has 2 rings (SSSR count). The standard InChI is InChI=1S/C13H17ClN2O2S2/c1-13(2)12(18)15-5-6-16(13)11(17)8-19-7-9-3-4-10(14)20-9/h3-4H,5-8H2,1-2H3,(H,15,18). The van der Waals surface area contributed by atoms with Gasteiger partial charge in [0.1, 0.15) is 5.54 Å². The summed E-state index contributed by atoms with van der Waals surface area (Å²) in [7, 11) is 0. The lowest BCUT2D eigenvalue weighted by Gasteiger charge is -2.41. The van der Waals surface area contributed by atoms with Crippen molar-refractivity contribution in [3.63, 3.8) is 0 Å². The third kappa shape index (κ3) is 3.48. The molecule has 2 heterocycles. The number of amides is 2. The fourth-order valence-corrected chi connectivity index (χ4v) is 4.18. The second kappa shape index (κ2) is 6.37. The first-order valence-electron chi connectivity index (χ1n) is 6.32. The van der Waals surface area contributed by atoms with Crippen molar-refractivity contribution in [1.82, 2.24) is 10.2 Å². The normalized spacial score (nSPS) is 17.9. The Morgan fingerprint density at radius 1 is 1.55 bits per heavy atom. The topological polar surface area (TPSA) is 49.4 Å². The van der Waals surface area contributed by atoms with E-state index in [-0.39, 0.29) is 11.8 Å². The number of rotatable bonds is 4. The number of halogens is 1. The van der Waals surface area contributed by atoms with Crippen LogP contribution in [0.5, 0.6) is 0 Å². The minimum atomic E-state index is -0.762. The van der Waals surface area contributed by atoms with Crippen LogP contribution >= 0.6 is 34.7 Å². The van der Waals surface area contributed by atoms with Crippen LogP contribution in [0.25, 0.3) is 0 Å². The van der Waals surface area contributed by atoms with Gasteiger partial charge in [0.2, 0.25) is 11.8 Å². The Bertz CT molecular complexity index is 516. The maximum absolute atomic E-state index is 12.3. The van der Waals surface area contributed by atoms with Gasteiger partial charge < -0.3 is 10.2 Å². The maximum Gasteiger partial charge on any atom is 0.245 e. The molecule has 0 spiro atoms. The summed E-state index contributed by atoms with van der Waals surface area (Å²) in [5.74, 6) is 1.07. The van der Waals surface area contributed by atoms with Crippen molar-refractivity contribution in [1.29, 1.82) is 0 Å². The van der Waals surface area contributed by atoms with Crippen molar-refractivity contribution in [2.24, 2.45) is 0 Å². The zero-order valence-corrected chi connectivity index (χ0v) is 13.8. The second-order valence-electron chi connectivity index (χ2n) is 5.06. The van der Waals surface area contributed by atoms with Crippen molar-refractivity contribution in [3.8, 4) is 0 Å². The van der Waals surface area contributed by atoms with Crippen LogP contribution in [-0.2, 0) is 15.3 Å². The molecule has 0 aliphatic carbocycles. The van der Waals surface area contributed by atoms with Crippen LogP contribution in [0, 0.1) is 0 Å². The monoisotopic (exact) mass is 332 g/mol. The van der Waals surface area contributed by atoms with Gasteiger partial charge in [0.05, 0.1) is 10.1 Å². The SMILES string of the molecule is CC1(C)C(=O)NCCN1C(=O)CSCc1ccc(Cl)s1. The summed E-state index contributed by atoms with van der Waals surface area (Å²) in [5, 5.41) is 2.79. The van der Waals surface area contributed by atoms with Gasteiger partial charge in [-0.05, 0) is 26.0 Å². The van der Waals surface area contributed by atoms with Crippen LogP contribution < -0.4 is 5.32 Å². The zero-order chi connectivity index (χ0) is 14.8. The van der Waals surface area contributed by atoms with E-state index in [1.807, 2.05) is 12.1 Å². The number of nitrogens with zero attached hydrogens (tertiary/aromatic N) is 1. The van der Waals surface area contributed by atoms with E-state index in [4.69, 9.17) is 11.6 Å². The van der Waals surface area contributed by atoms with Gasteiger partial charge in [-0.3, -0.25) is 9.59 Å². The first kappa shape index (κ1) is 15.7. The van der Waals surface area contributed by atoms with Gasteiger partial charge in [-0.2, -0.15) is 0 Å². The summed E-state index contributed by atoms with van der Waals surface area (Å²) in [6, 6.07) is 3.84. The molecule has 1 saturated heterocycles. The quantitative estimate of drug-likeness (QED) is 0.921. The van der Waals surface area contributed by atoms with E-state index in [2.05, 4.69) is 5.32 Å². The molecule has 4 nitrogen and oxygen atoms in total. The summed E-state index contributed by atoms with van der Waals surface area (Å²) in [6.45, 7) is 4.66. The Morgan fingerprint density at radius 3 is 2.95 bits per heavy atom. The largest absolute Gasteiger partial charge is 0.352 e. The van der Waals surface area contributed by atoms with E-state index in [1.54, 1.807) is 30.5 Å². The fraction of sp³-hybridized carbons (Fsp3) is 0.538. The van der Waals surface area contributed by atoms with Crippen molar-refractivity contribution in [3.05, 3.63) is 21.3 Å². The van der Waals surface area contributed by atoms with E-state index in [0.29, 0.717) is 18.8 Å². The highest BCUT2D eigenvalue weighted by Gasteiger charge is 2.39. The molecule has 0 saturated carbocycles. The molecular weight excluding hydrogens is 316 g/mol. The minimum Gasteiger partial charge on any atom is -0.352 e. The van der Waals surface area contributed by atoms with Crippen LogP contribution in [0.3, 0.4) is 0 Å². The van der Waals surface area contributed by atoms with Crippen LogP contribution in [0.15, 0.2) is 12.1 Å². The third-order valence-corrected chi connectivity index (χ3v) is 5.63. The molecule has 1 aliphatic rings. The molecule has 0 bridgehead atoms. The van der Waals surface area contributed by atoms with E-state index in [1.165, 1.54) is 11.3 Å². The van der Waals surface area contributed by atoms with Crippen LogP contribution in [0.2, 0.25) is 4.34 Å². The van der Waals surface area contributed by atoms with Gasteiger partial charge in [-0.25, -0.2) is 0 Å². The Labute approximate surface area is 131 Å². The van der Waals surface area contributed by atoms with Crippen LogP contribution in [0.4, 0.5) is 0 Å². The molecule has 0 radical (unpaired) electrons. The molecule has 1 aromatic heterocycles. The molecular formula is C13H17ClN2O2S2. The number of carbonyl (C=O) groups excluding carboxylic acids is 2. The van der Waals surface area contributed by atoms with Gasteiger partial charge in [-0.1, -0.05) is 11.6 Å². The highest BCUT2D eigenvalue weighted by Crippen LogP contribution is 2.26. The molecule has 1 aromatic rings. The summed E-state index contributed by atoms with van der Waals surface area (Å²) in [5.41, 5.74) is -0.762. The number of carbonyl (C=O) groups is 2. The number of thioether (sulfide) groups is 1. The van der Waals surface area contributed by atoms with E-state index in [9.17, 15) is 9.59 Å². The molecule has 1 aliphatic heterocycles. The lowest BCUT2D eigenvalue weighted by atomic mass is 9.99. The van der Waals surface area contributed by atoms with E-state index >= 15 is 0 Å². The second-order valence-corrected chi connectivity index (χ2v) is 7.84. The van der Waals surface area contributed by atoms with Crippen molar-refractivity contribution < 1.29 is 9.59 Å². The van der Waals surface area contributed by atoms with Gasteiger partial charge in [0.15, 0.2) is 0 Å². The van der Waals surface area contributed by atoms with Crippen LogP contribution in [-0.4, -0.2) is 41.1 Å². The number of piperazine rings is 1. The first-order valence-corrected chi connectivity index (χ1v) is 8.67. The number of nitrogens with one attached hydrogen (secondary N) is 1. The summed E-state index contributed by atoms with van der Waals surface area (Å²) < 4.78 is 0.765. The molecule has 7 heteroatoms. The van der Waals surface area contributed by atoms with E-state index in [0.717, 1.165) is 15.0 Å². The molecule has 0 aromatic carbocycles. The summed E-state index contributed by atoms with van der Waals surface area (Å²) in [4.78, 5) is 26.9. The Morgan fingerprint density at radius 2 is 2.30 bits per heavy atom. The predicted octanol–water partition coefficient (Wildman–Crippen LogP) is 2.37. The lowest BCUT2D eigenvalue weighted by molar-refractivity contribution is -0.147. The number of thiophene rings is 1. The molecule has 2 amide bonds. The highest BCUT2D eigenvalue weighted by atomic mass is 35.5. The lowest BCUT2D eigenvalue weighted by Crippen LogP contribution is -2.63. The Kier molecular flexibility index (Phi) is 4.99. The molecule has 1 fully saturated rings. The maximum atomic E-state index is 12.3. The number of hydrogen-bond acceptors (Lipinski definition) is 4. The number of hydrogen-bond donors (Lipinski definition) is 1. The Balaban J connectivity index is 1.86. The average molecular weight is 333 g/mol. The molecule has 20 heavy (non-hydrogen) atoms. The first-order chi connectivity index (χ1) is 9.41. The summed E-state index contributed by atoms with van der Waals surface area (Å²) >= 11 is 8.95. The zero-order valence-electron chi connectivity index (χ0n) is 11.4. The van der Waals surface area contributed by atoms with Crippen molar-refractivity contribution in [2.45, 2.75) is 25.1 Å². The molecule has 0 atom stereocenters. The van der Waals surface area contributed by atoms with Crippen molar-refractivity contribution >= 4 is 46.5 Å². The average Bonchev–Trinajstić information content (AvgIpc) is 2.78. The van der Waals surface area contributed by atoms with Gasteiger partial charge in [0.25, 0.3) is 0 Å². The van der Waals surface area contributed by atoms with Crippen molar-refractivity contribution in [2.75, 3.05) is 18.8 Å². The Hall–Kier alpha value is -0.720. The van der Waals surface area contributed by atoms with Gasteiger partial charge in [-0.15, -0.1) is 23.1 Å². The predicted molar refractivity (Wildman–Crippen MR) is 84.3 cm³/mol. The summed E-state index contributed by atoms with van der Waals surface area (Å²) in [6.07, 6.45) is 0. The van der Waals surface area contributed by atoms with E-state index < -0.39 is 5.54 Å². The highest BCUT2D eigenvalue weighted by molar-refractivity contribution is 7.99. The minimum absolute atomic E-state index is 0.0116. The molecule has 1 N–H and O–H groups in total.